The highest BCUT2D eigenvalue weighted by molar-refractivity contribution is 4.61. The minimum absolute atomic E-state index is 0.918. The summed E-state index contributed by atoms with van der Waals surface area (Å²) in [6.45, 7) is 14.0. The Hall–Kier alpha value is -0.0800. The molecule has 120 valence electrons. The lowest BCUT2D eigenvalue weighted by Crippen LogP contribution is -2.47. The maximum absolute atomic E-state index is 2.42. The number of hydrogen-bond donors (Lipinski definition) is 0. The average Bonchev–Trinajstić information content (AvgIpc) is 2.97. The summed E-state index contributed by atoms with van der Waals surface area (Å²) in [5.41, 5.74) is 0. The maximum atomic E-state index is 2.42. The zero-order valence-electron chi connectivity index (χ0n) is 15.0. The quantitative estimate of drug-likeness (QED) is 0.668. The van der Waals surface area contributed by atoms with E-state index in [1.807, 2.05) is 0 Å². The van der Waals surface area contributed by atoms with Crippen LogP contribution in [0.5, 0.6) is 0 Å². The van der Waals surface area contributed by atoms with Crippen molar-refractivity contribution in [3.8, 4) is 0 Å². The number of hydrogen-bond acceptors (Lipinski definition) is 0. The average molecular weight is 285 g/mol. The number of rotatable bonds is 5. The number of nitrogens with zero attached hydrogens (tertiary/aromatic N) is 2. The molecule has 2 heteroatoms. The van der Waals surface area contributed by atoms with E-state index in [1.54, 1.807) is 0 Å². The van der Waals surface area contributed by atoms with Crippen molar-refractivity contribution in [1.29, 1.82) is 0 Å². The molecule has 2 fully saturated rings. The predicted molar refractivity (Wildman–Crippen MR) is 89.8 cm³/mol. The molecule has 2 rings (SSSR count). The molecule has 0 aliphatic carbocycles. The van der Waals surface area contributed by atoms with Crippen LogP contribution in [0.1, 0.15) is 65.7 Å². The lowest BCUT2D eigenvalue weighted by molar-refractivity contribution is -0.919. The molecule has 0 radical (unpaired) electrons. The second-order valence-corrected chi connectivity index (χ2v) is 7.77. The first-order chi connectivity index (χ1) is 9.46. The topological polar surface area (TPSA) is 0 Å². The molecule has 2 heterocycles. The highest BCUT2D eigenvalue weighted by atomic mass is 15.4. The van der Waals surface area contributed by atoms with E-state index in [0.717, 1.165) is 6.04 Å². The van der Waals surface area contributed by atoms with Crippen LogP contribution in [0, 0.1) is 0 Å². The third-order valence-corrected chi connectivity index (χ3v) is 5.79. The molecule has 2 unspecified atom stereocenters. The summed E-state index contributed by atoms with van der Waals surface area (Å²) in [6.07, 6.45) is 9.90. The first-order valence-electron chi connectivity index (χ1n) is 9.13. The Balaban J connectivity index is 0.000000204. The van der Waals surface area contributed by atoms with E-state index >= 15 is 0 Å². The van der Waals surface area contributed by atoms with Gasteiger partial charge in [0.2, 0.25) is 0 Å². The molecule has 2 aliphatic rings. The van der Waals surface area contributed by atoms with Gasteiger partial charge in [0.05, 0.1) is 52.9 Å². The van der Waals surface area contributed by atoms with E-state index in [1.165, 1.54) is 86.6 Å². The minimum atomic E-state index is 0.918. The molecule has 0 aromatic heterocycles. The van der Waals surface area contributed by atoms with Gasteiger partial charge in [-0.25, -0.2) is 0 Å². The van der Waals surface area contributed by atoms with Crippen molar-refractivity contribution in [2.24, 2.45) is 0 Å². The van der Waals surface area contributed by atoms with E-state index in [2.05, 4.69) is 34.9 Å². The molecule has 0 amide bonds. The Labute approximate surface area is 128 Å². The Morgan fingerprint density at radius 3 is 1.95 bits per heavy atom. The molecule has 2 nitrogen and oxygen atoms in total. The standard InChI is InChI=1S/C10H22N.C8H18N/c1-4-5-8-11(3)9-6-7-10(11)2;1-3-6-9(2)7-4-5-8-9/h10H,4-9H2,1-3H3;3-8H2,1-2H3/q2*+1. The fourth-order valence-electron chi connectivity index (χ4n) is 3.99. The van der Waals surface area contributed by atoms with Crippen molar-refractivity contribution in [3.63, 3.8) is 0 Å². The van der Waals surface area contributed by atoms with E-state index in [9.17, 15) is 0 Å². The molecule has 0 spiro atoms. The zero-order valence-corrected chi connectivity index (χ0v) is 15.0. The van der Waals surface area contributed by atoms with Crippen molar-refractivity contribution in [1.82, 2.24) is 0 Å². The van der Waals surface area contributed by atoms with Crippen LogP contribution in [0.15, 0.2) is 0 Å². The van der Waals surface area contributed by atoms with Gasteiger partial charge in [-0.1, -0.05) is 20.3 Å². The summed E-state index contributed by atoms with van der Waals surface area (Å²) < 4.78 is 2.68. The highest BCUT2D eigenvalue weighted by Gasteiger charge is 2.33. The molecule has 0 bridgehead atoms. The van der Waals surface area contributed by atoms with Crippen LogP contribution in [-0.2, 0) is 0 Å². The predicted octanol–water partition coefficient (Wildman–Crippen LogP) is 4.05. The van der Waals surface area contributed by atoms with E-state index in [0.29, 0.717) is 0 Å². The molecule has 0 saturated carbocycles. The van der Waals surface area contributed by atoms with Gasteiger partial charge < -0.3 is 8.97 Å². The van der Waals surface area contributed by atoms with Gasteiger partial charge in [0, 0.05) is 25.7 Å². The van der Waals surface area contributed by atoms with Gasteiger partial charge in [0.25, 0.3) is 0 Å². The molecule has 0 N–H and O–H groups in total. The largest absolute Gasteiger partial charge is 0.326 e. The highest BCUT2D eigenvalue weighted by Crippen LogP contribution is 2.24. The summed E-state index contributed by atoms with van der Waals surface area (Å²) in [4.78, 5) is 0. The Morgan fingerprint density at radius 1 is 0.850 bits per heavy atom. The van der Waals surface area contributed by atoms with Crippen molar-refractivity contribution in [2.45, 2.75) is 71.8 Å². The molecule has 0 aromatic rings. The zero-order chi connectivity index (χ0) is 15.1. The van der Waals surface area contributed by atoms with Gasteiger partial charge >= 0.3 is 0 Å². The van der Waals surface area contributed by atoms with Gasteiger partial charge in [0.15, 0.2) is 0 Å². The third-order valence-electron chi connectivity index (χ3n) is 5.79. The Kier molecular flexibility index (Phi) is 7.53. The fraction of sp³-hybridized carbons (Fsp3) is 1.00. The summed E-state index contributed by atoms with van der Waals surface area (Å²) in [5, 5.41) is 0. The third kappa shape index (κ3) is 5.37. The minimum Gasteiger partial charge on any atom is -0.326 e. The second kappa shape index (κ2) is 8.38. The van der Waals surface area contributed by atoms with Gasteiger partial charge in [-0.05, 0) is 19.8 Å². The second-order valence-electron chi connectivity index (χ2n) is 7.77. The van der Waals surface area contributed by atoms with E-state index < -0.39 is 0 Å². The monoisotopic (exact) mass is 284 g/mol. The van der Waals surface area contributed by atoms with Crippen LogP contribution >= 0.6 is 0 Å². The lowest BCUT2D eigenvalue weighted by atomic mass is 10.2. The molecule has 0 aromatic carbocycles. The van der Waals surface area contributed by atoms with Gasteiger partial charge in [-0.15, -0.1) is 0 Å². The molecule has 2 atom stereocenters. The SMILES string of the molecule is CCCC[N+]1(C)CCCC1C.CCC[N+]1(C)CCCC1. The van der Waals surface area contributed by atoms with Crippen LogP contribution in [0.25, 0.3) is 0 Å². The smallest absolute Gasteiger partial charge is 0.0861 e. The first-order valence-corrected chi connectivity index (χ1v) is 9.13. The number of quaternary nitrogens is 2. The number of unbranched alkanes of at least 4 members (excludes halogenated alkanes) is 1. The first kappa shape index (κ1) is 18.0. The Morgan fingerprint density at radius 2 is 1.50 bits per heavy atom. The van der Waals surface area contributed by atoms with Crippen LogP contribution in [0.2, 0.25) is 0 Å². The van der Waals surface area contributed by atoms with Crippen molar-refractivity contribution >= 4 is 0 Å². The molecule has 2 aliphatic heterocycles. The van der Waals surface area contributed by atoms with Gasteiger partial charge in [-0.2, -0.15) is 0 Å². The van der Waals surface area contributed by atoms with Crippen LogP contribution in [0.4, 0.5) is 0 Å². The molecular formula is C18H40N2+2. The summed E-state index contributed by atoms with van der Waals surface area (Å²) in [7, 11) is 4.81. The fourth-order valence-corrected chi connectivity index (χ4v) is 3.99. The van der Waals surface area contributed by atoms with Crippen LogP contribution in [-0.4, -0.2) is 61.8 Å². The molecule has 2 saturated heterocycles. The van der Waals surface area contributed by atoms with Crippen molar-refractivity contribution in [2.75, 3.05) is 46.8 Å². The molecular weight excluding hydrogens is 244 g/mol. The van der Waals surface area contributed by atoms with E-state index in [4.69, 9.17) is 0 Å². The Bertz CT molecular complexity index is 258. The van der Waals surface area contributed by atoms with Gasteiger partial charge in [0.1, 0.15) is 0 Å². The van der Waals surface area contributed by atoms with Crippen molar-refractivity contribution < 1.29 is 8.97 Å². The summed E-state index contributed by atoms with van der Waals surface area (Å²) >= 11 is 0. The normalized spacial score (nSPS) is 31.9. The summed E-state index contributed by atoms with van der Waals surface area (Å²) in [5.74, 6) is 0. The maximum Gasteiger partial charge on any atom is 0.0861 e. The van der Waals surface area contributed by atoms with Crippen LogP contribution in [0.3, 0.4) is 0 Å². The molecule has 20 heavy (non-hydrogen) atoms. The van der Waals surface area contributed by atoms with Crippen LogP contribution < -0.4 is 0 Å². The number of likely N-dealkylation sites (tertiary alicyclic amines) is 2. The van der Waals surface area contributed by atoms with Gasteiger partial charge in [-0.3, -0.25) is 0 Å². The lowest BCUT2D eigenvalue weighted by Gasteiger charge is -2.34. The van der Waals surface area contributed by atoms with Crippen molar-refractivity contribution in [3.05, 3.63) is 0 Å². The van der Waals surface area contributed by atoms with E-state index in [-0.39, 0.29) is 0 Å². The summed E-state index contributed by atoms with van der Waals surface area (Å²) in [6, 6.07) is 0.918.